The molecule has 1 aromatic heterocycles. The third-order valence-electron chi connectivity index (χ3n) is 3.87. The number of non-ortho nitro benzene ring substituents is 1. The molecule has 1 heterocycles. The van der Waals surface area contributed by atoms with Crippen LogP contribution in [0, 0.1) is 10.1 Å². The van der Waals surface area contributed by atoms with Gasteiger partial charge in [0.2, 0.25) is 0 Å². The Balaban J connectivity index is 1.98. The predicted octanol–water partition coefficient (Wildman–Crippen LogP) is 4.28. The van der Waals surface area contributed by atoms with Crippen molar-refractivity contribution in [2.24, 2.45) is 0 Å². The topological polar surface area (TPSA) is 119 Å². The van der Waals surface area contributed by atoms with E-state index in [4.69, 9.17) is 4.74 Å². The van der Waals surface area contributed by atoms with E-state index in [9.17, 15) is 24.8 Å². The first-order valence-electron chi connectivity index (χ1n) is 7.97. The van der Waals surface area contributed by atoms with E-state index < -0.39 is 16.8 Å². The van der Waals surface area contributed by atoms with Crippen LogP contribution >= 0.6 is 11.3 Å². The molecule has 0 radical (unpaired) electrons. The summed E-state index contributed by atoms with van der Waals surface area (Å²) in [6, 6.07) is 13.9. The molecule has 2 N–H and O–H groups in total. The number of nitrogens with zero attached hydrogens (tertiary/aromatic N) is 1. The Kier molecular flexibility index (Phi) is 5.37. The number of ether oxygens (including phenoxy) is 1. The van der Waals surface area contributed by atoms with E-state index >= 15 is 0 Å². The number of hydrogen-bond donors (Lipinski definition) is 2. The molecule has 3 aromatic rings. The summed E-state index contributed by atoms with van der Waals surface area (Å²) in [5, 5.41) is 23.0. The van der Waals surface area contributed by atoms with Crippen molar-refractivity contribution in [3.05, 3.63) is 75.2 Å². The number of nitrogens with one attached hydrogen (secondary N) is 1. The van der Waals surface area contributed by atoms with Crippen molar-refractivity contribution in [3.63, 3.8) is 0 Å². The molecule has 8 nitrogen and oxygen atoms in total. The summed E-state index contributed by atoms with van der Waals surface area (Å²) < 4.78 is 5.15. The number of carboxylic acid groups (broad SMARTS) is 1. The Morgan fingerprint density at radius 3 is 2.57 bits per heavy atom. The maximum absolute atomic E-state index is 12.6. The van der Waals surface area contributed by atoms with Crippen molar-refractivity contribution in [1.29, 1.82) is 0 Å². The molecule has 0 aliphatic rings. The van der Waals surface area contributed by atoms with Gasteiger partial charge in [0.1, 0.15) is 10.6 Å². The van der Waals surface area contributed by atoms with Crippen LogP contribution in [0.2, 0.25) is 0 Å². The molecule has 9 heteroatoms. The van der Waals surface area contributed by atoms with Crippen molar-refractivity contribution < 1.29 is 24.4 Å². The summed E-state index contributed by atoms with van der Waals surface area (Å²) in [7, 11) is 1.43. The second-order valence-electron chi connectivity index (χ2n) is 5.62. The summed E-state index contributed by atoms with van der Waals surface area (Å²) in [4.78, 5) is 35.0. The van der Waals surface area contributed by atoms with Crippen molar-refractivity contribution in [2.45, 2.75) is 0 Å². The van der Waals surface area contributed by atoms with Gasteiger partial charge in [-0.25, -0.2) is 4.79 Å². The molecule has 0 bridgehead atoms. The molecule has 1 amide bonds. The largest absolute Gasteiger partial charge is 0.496 e. The monoisotopic (exact) mass is 398 g/mol. The quantitative estimate of drug-likeness (QED) is 0.472. The third kappa shape index (κ3) is 3.84. The average Bonchev–Trinajstić information content (AvgIpc) is 3.12. The molecular formula is C19H14N2O6S. The molecule has 0 aliphatic heterocycles. The van der Waals surface area contributed by atoms with Crippen LogP contribution in [0.1, 0.15) is 20.0 Å². The number of carboxylic acids is 1. The zero-order chi connectivity index (χ0) is 20.3. The van der Waals surface area contributed by atoms with Gasteiger partial charge in [0, 0.05) is 17.0 Å². The Labute approximate surface area is 163 Å². The number of nitro groups is 1. The first-order valence-corrected chi connectivity index (χ1v) is 8.78. The van der Waals surface area contributed by atoms with Crippen molar-refractivity contribution >= 4 is 34.6 Å². The Morgan fingerprint density at radius 1 is 1.14 bits per heavy atom. The lowest BCUT2D eigenvalue weighted by molar-refractivity contribution is -0.384. The number of methoxy groups -OCH3 is 1. The normalized spacial score (nSPS) is 10.3. The minimum atomic E-state index is -1.21. The molecule has 0 saturated heterocycles. The van der Waals surface area contributed by atoms with E-state index in [1.165, 1.54) is 31.4 Å². The zero-order valence-electron chi connectivity index (χ0n) is 14.5. The minimum Gasteiger partial charge on any atom is -0.496 e. The Hall–Kier alpha value is -3.72. The van der Waals surface area contributed by atoms with E-state index in [0.717, 1.165) is 11.3 Å². The Morgan fingerprint density at radius 2 is 1.89 bits per heavy atom. The molecular weight excluding hydrogens is 384 g/mol. The van der Waals surface area contributed by atoms with Crippen molar-refractivity contribution in [2.75, 3.05) is 12.4 Å². The number of rotatable bonds is 6. The number of amides is 1. The highest BCUT2D eigenvalue weighted by molar-refractivity contribution is 7.18. The fourth-order valence-electron chi connectivity index (χ4n) is 2.58. The molecule has 0 aliphatic carbocycles. The van der Waals surface area contributed by atoms with Gasteiger partial charge in [-0.05, 0) is 23.8 Å². The Bertz CT molecular complexity index is 1080. The van der Waals surface area contributed by atoms with E-state index in [-0.39, 0.29) is 21.8 Å². The van der Waals surface area contributed by atoms with Crippen LogP contribution in [0.4, 0.5) is 11.4 Å². The number of thiophene rings is 1. The zero-order valence-corrected chi connectivity index (χ0v) is 15.4. The summed E-state index contributed by atoms with van der Waals surface area (Å²) in [5.41, 5.74) is 0.737. The second kappa shape index (κ2) is 7.89. The molecule has 2 aromatic carbocycles. The van der Waals surface area contributed by atoms with Crippen LogP contribution in [0.15, 0.2) is 54.6 Å². The van der Waals surface area contributed by atoms with E-state index in [1.54, 1.807) is 30.3 Å². The maximum Gasteiger partial charge on any atom is 0.348 e. The fourth-order valence-corrected chi connectivity index (χ4v) is 3.53. The molecule has 3 rings (SSSR count). The fraction of sp³-hybridized carbons (Fsp3) is 0.0526. The van der Waals surface area contributed by atoms with Crippen LogP contribution in [0.5, 0.6) is 5.75 Å². The minimum absolute atomic E-state index is 0.0789. The summed E-state index contributed by atoms with van der Waals surface area (Å²) in [6.45, 7) is 0. The van der Waals surface area contributed by atoms with Crippen LogP contribution in [-0.2, 0) is 0 Å². The van der Waals surface area contributed by atoms with Gasteiger partial charge in [0.25, 0.3) is 11.6 Å². The van der Waals surface area contributed by atoms with Gasteiger partial charge < -0.3 is 15.2 Å². The SMILES string of the molecule is COc1ccccc1C(=O)Nc1cc(-c2cccc([N+](=O)[O-])c2)sc1C(=O)O. The number of hydrogen-bond acceptors (Lipinski definition) is 6. The standard InChI is InChI=1S/C19H14N2O6S/c1-27-15-8-3-2-7-13(15)18(22)20-14-10-16(28-17(14)19(23)24)11-5-4-6-12(9-11)21(25)26/h2-10H,1H3,(H,20,22)(H,23,24). The summed E-state index contributed by atoms with van der Waals surface area (Å²) >= 11 is 0.920. The van der Waals surface area contributed by atoms with Gasteiger partial charge in [0.05, 0.1) is 23.3 Å². The van der Waals surface area contributed by atoms with Gasteiger partial charge in [-0.1, -0.05) is 24.3 Å². The number of carbonyl (C=O) groups is 2. The van der Waals surface area contributed by atoms with Crippen LogP contribution < -0.4 is 10.1 Å². The molecule has 0 saturated carbocycles. The number of nitro benzene ring substituents is 1. The number of aromatic carboxylic acids is 1. The molecule has 28 heavy (non-hydrogen) atoms. The first kappa shape index (κ1) is 19.1. The van der Waals surface area contributed by atoms with Crippen LogP contribution in [0.3, 0.4) is 0 Å². The summed E-state index contributed by atoms with van der Waals surface area (Å²) in [5.74, 6) is -1.38. The predicted molar refractivity (Wildman–Crippen MR) is 104 cm³/mol. The smallest absolute Gasteiger partial charge is 0.348 e. The third-order valence-corrected chi connectivity index (χ3v) is 5.04. The number of para-hydroxylation sites is 1. The number of carbonyl (C=O) groups excluding carboxylic acids is 1. The first-order chi connectivity index (χ1) is 13.4. The lowest BCUT2D eigenvalue weighted by Gasteiger charge is -2.08. The van der Waals surface area contributed by atoms with Crippen LogP contribution in [0.25, 0.3) is 10.4 Å². The molecule has 0 atom stereocenters. The second-order valence-corrected chi connectivity index (χ2v) is 6.67. The lowest BCUT2D eigenvalue weighted by Crippen LogP contribution is -2.14. The van der Waals surface area contributed by atoms with Gasteiger partial charge in [-0.3, -0.25) is 14.9 Å². The lowest BCUT2D eigenvalue weighted by atomic mass is 10.1. The van der Waals surface area contributed by atoms with Gasteiger partial charge in [0.15, 0.2) is 0 Å². The highest BCUT2D eigenvalue weighted by Crippen LogP contribution is 2.36. The molecule has 0 fully saturated rings. The molecule has 0 spiro atoms. The maximum atomic E-state index is 12.6. The van der Waals surface area contributed by atoms with E-state index in [2.05, 4.69) is 5.32 Å². The van der Waals surface area contributed by atoms with E-state index in [1.807, 2.05) is 0 Å². The van der Waals surface area contributed by atoms with E-state index in [0.29, 0.717) is 16.2 Å². The van der Waals surface area contributed by atoms with Crippen molar-refractivity contribution in [1.82, 2.24) is 0 Å². The van der Waals surface area contributed by atoms with Crippen LogP contribution in [-0.4, -0.2) is 29.0 Å². The highest BCUT2D eigenvalue weighted by atomic mass is 32.1. The molecule has 0 unspecified atom stereocenters. The van der Waals surface area contributed by atoms with Gasteiger partial charge in [-0.15, -0.1) is 11.3 Å². The summed E-state index contributed by atoms with van der Waals surface area (Å²) in [6.07, 6.45) is 0. The van der Waals surface area contributed by atoms with Gasteiger partial charge >= 0.3 is 5.97 Å². The van der Waals surface area contributed by atoms with Crippen molar-refractivity contribution in [3.8, 4) is 16.2 Å². The van der Waals surface area contributed by atoms with Gasteiger partial charge in [-0.2, -0.15) is 0 Å². The number of benzene rings is 2. The highest BCUT2D eigenvalue weighted by Gasteiger charge is 2.21. The average molecular weight is 398 g/mol. The molecule has 142 valence electrons. The number of anilines is 1.